The summed E-state index contributed by atoms with van der Waals surface area (Å²) >= 11 is 6.21. The largest absolute Gasteiger partial charge is 0.367 e. The van der Waals surface area contributed by atoms with Crippen molar-refractivity contribution < 1.29 is 4.79 Å². The molecule has 0 aromatic heterocycles. The molecule has 0 aliphatic carbocycles. The number of benzene rings is 1. The van der Waals surface area contributed by atoms with Gasteiger partial charge in [0.05, 0.1) is 10.7 Å². The fraction of sp³-hybridized carbons (Fsp3) is 0.533. The van der Waals surface area contributed by atoms with Gasteiger partial charge >= 0.3 is 0 Å². The highest BCUT2D eigenvalue weighted by Gasteiger charge is 2.23. The van der Waals surface area contributed by atoms with Crippen LogP contribution in [0.2, 0.25) is 5.02 Å². The van der Waals surface area contributed by atoms with Gasteiger partial charge in [-0.1, -0.05) is 30.7 Å². The van der Waals surface area contributed by atoms with Crippen molar-refractivity contribution >= 4 is 23.2 Å². The number of anilines is 1. The van der Waals surface area contributed by atoms with E-state index in [2.05, 4.69) is 4.90 Å². The molecule has 1 aliphatic heterocycles. The van der Waals surface area contributed by atoms with Crippen molar-refractivity contribution in [1.82, 2.24) is 4.90 Å². The first-order valence-electron chi connectivity index (χ1n) is 7.14. The standard InChI is InChI=1S/C15H22ClN3O/c1-2-12(17)11-15(20)19-9-7-18(8-10-19)14-6-4-3-5-13(14)16/h3-6,12H,2,7-11,17H2,1H3. The fourth-order valence-corrected chi connectivity index (χ4v) is 2.66. The lowest BCUT2D eigenvalue weighted by Crippen LogP contribution is -2.49. The van der Waals surface area contributed by atoms with Crippen LogP contribution in [-0.4, -0.2) is 43.0 Å². The number of carbonyl (C=O) groups is 1. The number of carbonyl (C=O) groups excluding carboxylic acids is 1. The predicted octanol–water partition coefficient (Wildman–Crippen LogP) is 2.12. The Labute approximate surface area is 125 Å². The van der Waals surface area contributed by atoms with E-state index in [4.69, 9.17) is 17.3 Å². The number of halogens is 1. The molecule has 0 saturated carbocycles. The zero-order valence-corrected chi connectivity index (χ0v) is 12.6. The van der Waals surface area contributed by atoms with Crippen LogP contribution in [-0.2, 0) is 4.79 Å². The Morgan fingerprint density at radius 3 is 2.55 bits per heavy atom. The van der Waals surface area contributed by atoms with Gasteiger partial charge in [-0.15, -0.1) is 0 Å². The smallest absolute Gasteiger partial charge is 0.224 e. The van der Waals surface area contributed by atoms with Crippen LogP contribution in [0.4, 0.5) is 5.69 Å². The van der Waals surface area contributed by atoms with Crippen LogP contribution in [0.25, 0.3) is 0 Å². The predicted molar refractivity (Wildman–Crippen MR) is 83.1 cm³/mol. The number of rotatable bonds is 4. The van der Waals surface area contributed by atoms with Gasteiger partial charge in [-0.05, 0) is 18.6 Å². The van der Waals surface area contributed by atoms with E-state index in [-0.39, 0.29) is 11.9 Å². The second-order valence-corrected chi connectivity index (χ2v) is 5.60. The molecular weight excluding hydrogens is 274 g/mol. The van der Waals surface area contributed by atoms with Gasteiger partial charge in [-0.25, -0.2) is 0 Å². The Balaban J connectivity index is 1.89. The van der Waals surface area contributed by atoms with E-state index in [1.807, 2.05) is 36.1 Å². The summed E-state index contributed by atoms with van der Waals surface area (Å²) in [6.07, 6.45) is 1.29. The topological polar surface area (TPSA) is 49.6 Å². The van der Waals surface area contributed by atoms with Gasteiger partial charge in [-0.2, -0.15) is 0 Å². The molecule has 20 heavy (non-hydrogen) atoms. The van der Waals surface area contributed by atoms with Crippen LogP contribution in [0.15, 0.2) is 24.3 Å². The van der Waals surface area contributed by atoms with Crippen LogP contribution >= 0.6 is 11.6 Å². The van der Waals surface area contributed by atoms with Crippen molar-refractivity contribution in [2.75, 3.05) is 31.1 Å². The van der Waals surface area contributed by atoms with Gasteiger partial charge < -0.3 is 15.5 Å². The molecule has 0 radical (unpaired) electrons. The van der Waals surface area contributed by atoms with Crippen molar-refractivity contribution in [3.63, 3.8) is 0 Å². The maximum Gasteiger partial charge on any atom is 0.224 e. The Kier molecular flexibility index (Phi) is 5.26. The molecule has 5 heteroatoms. The molecule has 1 aromatic rings. The molecule has 1 aliphatic rings. The average molecular weight is 296 g/mol. The lowest BCUT2D eigenvalue weighted by atomic mass is 10.1. The zero-order valence-electron chi connectivity index (χ0n) is 11.9. The minimum Gasteiger partial charge on any atom is -0.367 e. The molecular formula is C15H22ClN3O. The Bertz CT molecular complexity index is 458. The maximum atomic E-state index is 12.1. The molecule has 1 atom stereocenters. The summed E-state index contributed by atoms with van der Waals surface area (Å²) in [5, 5.41) is 0.764. The number of hydrogen-bond donors (Lipinski definition) is 1. The molecule has 2 rings (SSSR count). The normalized spacial score (nSPS) is 17.1. The molecule has 4 nitrogen and oxygen atoms in total. The van der Waals surface area contributed by atoms with Crippen molar-refractivity contribution in [2.45, 2.75) is 25.8 Å². The summed E-state index contributed by atoms with van der Waals surface area (Å²) in [5.74, 6) is 0.165. The van der Waals surface area contributed by atoms with Crippen LogP contribution in [0.1, 0.15) is 19.8 Å². The molecule has 1 unspecified atom stereocenters. The zero-order chi connectivity index (χ0) is 14.5. The quantitative estimate of drug-likeness (QED) is 0.925. The van der Waals surface area contributed by atoms with Gasteiger partial charge in [0.25, 0.3) is 0 Å². The molecule has 1 fully saturated rings. The third-order valence-electron chi connectivity index (χ3n) is 3.79. The number of amides is 1. The highest BCUT2D eigenvalue weighted by Crippen LogP contribution is 2.26. The number of nitrogens with zero attached hydrogens (tertiary/aromatic N) is 2. The molecule has 1 amide bonds. The van der Waals surface area contributed by atoms with E-state index in [0.29, 0.717) is 6.42 Å². The molecule has 1 aromatic carbocycles. The number of para-hydroxylation sites is 1. The van der Waals surface area contributed by atoms with Crippen LogP contribution in [0, 0.1) is 0 Å². The summed E-state index contributed by atoms with van der Waals surface area (Å²) < 4.78 is 0. The van der Waals surface area contributed by atoms with Gasteiger partial charge in [0.1, 0.15) is 0 Å². The average Bonchev–Trinajstić information content (AvgIpc) is 2.47. The van der Waals surface area contributed by atoms with Gasteiger partial charge in [0.15, 0.2) is 0 Å². The Hall–Kier alpha value is -1.26. The van der Waals surface area contributed by atoms with Crippen molar-refractivity contribution in [1.29, 1.82) is 0 Å². The number of hydrogen-bond acceptors (Lipinski definition) is 3. The summed E-state index contributed by atoms with van der Waals surface area (Å²) in [6.45, 7) is 5.11. The first kappa shape index (κ1) is 15.1. The van der Waals surface area contributed by atoms with E-state index in [9.17, 15) is 4.79 Å². The summed E-state index contributed by atoms with van der Waals surface area (Å²) in [7, 11) is 0. The highest BCUT2D eigenvalue weighted by atomic mass is 35.5. The van der Waals surface area contributed by atoms with E-state index >= 15 is 0 Å². The lowest BCUT2D eigenvalue weighted by Gasteiger charge is -2.36. The number of nitrogens with two attached hydrogens (primary N) is 1. The van der Waals surface area contributed by atoms with Gasteiger partial charge in [-0.3, -0.25) is 4.79 Å². The first-order valence-corrected chi connectivity index (χ1v) is 7.52. The first-order chi connectivity index (χ1) is 9.61. The Morgan fingerprint density at radius 2 is 1.95 bits per heavy atom. The minimum atomic E-state index is -0.0240. The minimum absolute atomic E-state index is 0.0240. The third-order valence-corrected chi connectivity index (χ3v) is 4.11. The van der Waals surface area contributed by atoms with Crippen molar-refractivity contribution in [2.24, 2.45) is 5.73 Å². The van der Waals surface area contributed by atoms with Gasteiger partial charge in [0, 0.05) is 38.6 Å². The van der Waals surface area contributed by atoms with E-state index in [1.165, 1.54) is 0 Å². The molecule has 1 saturated heterocycles. The van der Waals surface area contributed by atoms with Crippen molar-refractivity contribution in [3.05, 3.63) is 29.3 Å². The van der Waals surface area contributed by atoms with Crippen LogP contribution in [0.3, 0.4) is 0 Å². The van der Waals surface area contributed by atoms with E-state index in [1.54, 1.807) is 0 Å². The lowest BCUT2D eigenvalue weighted by molar-refractivity contribution is -0.131. The molecule has 2 N–H and O–H groups in total. The molecule has 0 bridgehead atoms. The molecule has 0 spiro atoms. The Morgan fingerprint density at radius 1 is 1.30 bits per heavy atom. The molecule has 110 valence electrons. The summed E-state index contributed by atoms with van der Waals surface area (Å²) in [4.78, 5) is 16.2. The summed E-state index contributed by atoms with van der Waals surface area (Å²) in [6, 6.07) is 7.81. The second-order valence-electron chi connectivity index (χ2n) is 5.19. The maximum absolute atomic E-state index is 12.1. The van der Waals surface area contributed by atoms with E-state index in [0.717, 1.165) is 43.3 Å². The van der Waals surface area contributed by atoms with Gasteiger partial charge in [0.2, 0.25) is 5.91 Å². The monoisotopic (exact) mass is 295 g/mol. The van der Waals surface area contributed by atoms with Crippen LogP contribution < -0.4 is 10.6 Å². The summed E-state index contributed by atoms with van der Waals surface area (Å²) in [5.41, 5.74) is 6.89. The van der Waals surface area contributed by atoms with E-state index < -0.39 is 0 Å². The number of piperazine rings is 1. The second kappa shape index (κ2) is 6.95. The van der Waals surface area contributed by atoms with Crippen molar-refractivity contribution in [3.8, 4) is 0 Å². The van der Waals surface area contributed by atoms with Crippen LogP contribution in [0.5, 0.6) is 0 Å². The third kappa shape index (κ3) is 3.64. The molecule has 1 heterocycles. The fourth-order valence-electron chi connectivity index (χ4n) is 2.40. The highest BCUT2D eigenvalue weighted by molar-refractivity contribution is 6.33. The SMILES string of the molecule is CCC(N)CC(=O)N1CCN(c2ccccc2Cl)CC1.